The Hall–Kier alpha value is -2.53. The van der Waals surface area contributed by atoms with Gasteiger partial charge in [0.2, 0.25) is 11.0 Å². The van der Waals surface area contributed by atoms with Crippen molar-refractivity contribution in [2.24, 2.45) is 0 Å². The van der Waals surface area contributed by atoms with E-state index in [-0.39, 0.29) is 22.9 Å². The van der Waals surface area contributed by atoms with E-state index in [0.717, 1.165) is 11.3 Å². The van der Waals surface area contributed by atoms with Gasteiger partial charge in [-0.1, -0.05) is 18.3 Å². The van der Waals surface area contributed by atoms with Gasteiger partial charge in [0.1, 0.15) is 5.01 Å². The molecule has 134 valence electrons. The zero-order valence-electron chi connectivity index (χ0n) is 13.2. The lowest BCUT2D eigenvalue weighted by molar-refractivity contribution is -0.305. The summed E-state index contributed by atoms with van der Waals surface area (Å²) in [5.41, 5.74) is 0.353. The first kappa shape index (κ1) is 18.8. The predicted molar refractivity (Wildman–Crippen MR) is 89.4 cm³/mol. The number of rotatable bonds is 8. The predicted octanol–water partition coefficient (Wildman–Crippen LogP) is 0.370. The maximum Gasteiger partial charge on any atom is 0.263 e. The average Bonchev–Trinajstić information content (AvgIpc) is 3.00. The Balaban J connectivity index is 2.02. The van der Waals surface area contributed by atoms with E-state index >= 15 is 0 Å². The van der Waals surface area contributed by atoms with E-state index in [1.54, 1.807) is 0 Å². The molecule has 0 saturated heterocycles. The highest BCUT2D eigenvalue weighted by molar-refractivity contribution is 7.93. The van der Waals surface area contributed by atoms with Gasteiger partial charge in [-0.25, -0.2) is 8.42 Å². The fourth-order valence-corrected chi connectivity index (χ4v) is 3.68. The molecule has 0 spiro atoms. The Labute approximate surface area is 148 Å². The smallest absolute Gasteiger partial charge is 0.263 e. The number of carbonyl (C=O) groups excluding carboxylic acids is 2. The van der Waals surface area contributed by atoms with Crippen LogP contribution in [0.25, 0.3) is 0 Å². The Morgan fingerprint density at radius 2 is 1.84 bits per heavy atom. The molecule has 1 heterocycles. The molecule has 0 atom stereocenters. The highest BCUT2D eigenvalue weighted by Gasteiger charge is 2.16. The van der Waals surface area contributed by atoms with E-state index in [9.17, 15) is 23.1 Å². The van der Waals surface area contributed by atoms with Crippen molar-refractivity contribution in [3.8, 4) is 0 Å². The largest absolute Gasteiger partial charge is 0.550 e. The van der Waals surface area contributed by atoms with Crippen LogP contribution in [0.1, 0.15) is 24.8 Å². The quantitative estimate of drug-likeness (QED) is 0.671. The van der Waals surface area contributed by atoms with E-state index in [1.165, 1.54) is 24.3 Å². The van der Waals surface area contributed by atoms with E-state index in [0.29, 0.717) is 17.1 Å². The molecule has 0 bridgehead atoms. The van der Waals surface area contributed by atoms with Crippen LogP contribution in [0.2, 0.25) is 0 Å². The van der Waals surface area contributed by atoms with Crippen molar-refractivity contribution in [2.75, 3.05) is 10.0 Å². The number of sulfonamides is 1. The van der Waals surface area contributed by atoms with Crippen LogP contribution in [0.15, 0.2) is 29.2 Å². The number of hydrogen-bond donors (Lipinski definition) is 2. The third-order valence-corrected chi connectivity index (χ3v) is 5.46. The molecule has 1 amide bonds. The average molecular weight is 383 g/mol. The van der Waals surface area contributed by atoms with Gasteiger partial charge in [-0.2, -0.15) is 0 Å². The fraction of sp³-hybridized carbons (Fsp3) is 0.286. The van der Waals surface area contributed by atoms with E-state index in [2.05, 4.69) is 20.2 Å². The summed E-state index contributed by atoms with van der Waals surface area (Å²) < 4.78 is 26.9. The van der Waals surface area contributed by atoms with Gasteiger partial charge in [-0.05, 0) is 37.1 Å². The van der Waals surface area contributed by atoms with Crippen molar-refractivity contribution in [3.05, 3.63) is 29.3 Å². The lowest BCUT2D eigenvalue weighted by Crippen LogP contribution is -2.24. The summed E-state index contributed by atoms with van der Waals surface area (Å²) >= 11 is 1.15. The second-order valence-electron chi connectivity index (χ2n) is 4.90. The molecule has 0 radical (unpaired) electrons. The molecule has 2 N–H and O–H groups in total. The van der Waals surface area contributed by atoms with Crippen LogP contribution in [0.5, 0.6) is 0 Å². The van der Waals surface area contributed by atoms with Gasteiger partial charge in [0.25, 0.3) is 10.0 Å². The summed E-state index contributed by atoms with van der Waals surface area (Å²) in [5, 5.41) is 21.3. The summed E-state index contributed by atoms with van der Waals surface area (Å²) in [6.45, 7) is 1.89. The maximum absolute atomic E-state index is 12.3. The highest BCUT2D eigenvalue weighted by Crippen LogP contribution is 2.21. The molecule has 9 nitrogen and oxygen atoms in total. The zero-order valence-corrected chi connectivity index (χ0v) is 14.8. The van der Waals surface area contributed by atoms with Crippen molar-refractivity contribution >= 4 is 44.1 Å². The number of carboxylic acid groups (broad SMARTS) is 1. The summed E-state index contributed by atoms with van der Waals surface area (Å²) in [5.74, 6) is -1.82. The van der Waals surface area contributed by atoms with Crippen molar-refractivity contribution in [2.45, 2.75) is 31.1 Å². The maximum atomic E-state index is 12.3. The van der Waals surface area contributed by atoms with Gasteiger partial charge in [-0.15, -0.1) is 10.2 Å². The molecule has 11 heteroatoms. The number of aryl methyl sites for hydroxylation is 1. The number of aliphatic carboxylic acids is 1. The van der Waals surface area contributed by atoms with Crippen LogP contribution in [-0.4, -0.2) is 30.5 Å². The van der Waals surface area contributed by atoms with Crippen LogP contribution < -0.4 is 15.1 Å². The monoisotopic (exact) mass is 383 g/mol. The zero-order chi connectivity index (χ0) is 18.4. The van der Waals surface area contributed by atoms with Gasteiger partial charge in [-0.3, -0.25) is 9.52 Å². The topological polar surface area (TPSA) is 141 Å². The van der Waals surface area contributed by atoms with E-state index in [4.69, 9.17) is 0 Å². The summed E-state index contributed by atoms with van der Waals surface area (Å²) in [4.78, 5) is 21.8. The first-order valence-electron chi connectivity index (χ1n) is 7.25. The minimum atomic E-state index is -3.82. The lowest BCUT2D eigenvalue weighted by atomic mass is 10.2. The summed E-state index contributed by atoms with van der Waals surface area (Å²) in [7, 11) is -3.82. The Morgan fingerprint density at radius 3 is 2.40 bits per heavy atom. The Kier molecular flexibility index (Phi) is 6.04. The number of amides is 1. The molecule has 0 unspecified atom stereocenters. The van der Waals surface area contributed by atoms with Crippen molar-refractivity contribution in [1.82, 2.24) is 10.2 Å². The number of carboxylic acids is 1. The Morgan fingerprint density at radius 1 is 1.16 bits per heavy atom. The molecule has 0 fully saturated rings. The normalized spacial score (nSPS) is 11.1. The molecule has 0 aliphatic heterocycles. The number of benzene rings is 1. The second-order valence-corrected chi connectivity index (χ2v) is 7.65. The first-order valence-corrected chi connectivity index (χ1v) is 9.55. The van der Waals surface area contributed by atoms with Gasteiger partial charge in [0, 0.05) is 18.1 Å². The minimum Gasteiger partial charge on any atom is -0.550 e. The highest BCUT2D eigenvalue weighted by atomic mass is 32.2. The molecular formula is C14H15N4O5S2-. The summed E-state index contributed by atoms with van der Waals surface area (Å²) in [6, 6.07) is 5.45. The molecule has 1 aromatic heterocycles. The number of nitrogens with zero attached hydrogens (tertiary/aromatic N) is 2. The molecule has 0 aliphatic carbocycles. The number of aromatic nitrogens is 2. The number of carbonyl (C=O) groups is 2. The van der Waals surface area contributed by atoms with Gasteiger partial charge >= 0.3 is 0 Å². The van der Waals surface area contributed by atoms with Crippen LogP contribution >= 0.6 is 11.3 Å². The van der Waals surface area contributed by atoms with E-state index in [1.807, 2.05) is 6.92 Å². The fourth-order valence-electron chi connectivity index (χ4n) is 1.77. The summed E-state index contributed by atoms with van der Waals surface area (Å²) in [6.07, 6.45) is 0.0519. The molecule has 0 saturated carbocycles. The third kappa shape index (κ3) is 5.50. The van der Waals surface area contributed by atoms with Crippen molar-refractivity contribution in [1.29, 1.82) is 0 Å². The number of anilines is 2. The van der Waals surface area contributed by atoms with Crippen LogP contribution in [-0.2, 0) is 26.0 Å². The third-order valence-electron chi connectivity index (χ3n) is 3.00. The first-order chi connectivity index (χ1) is 11.8. The molecule has 2 aromatic rings. The molecule has 0 aliphatic rings. The standard InChI is InChI=1S/C14H16N4O5S2/c1-2-12-16-17-14(24-12)18-25(22,23)10-5-3-9(4-6-10)15-11(19)7-8-13(20)21/h3-6H,2,7-8H2,1H3,(H,15,19)(H,17,18)(H,20,21)/p-1. The SMILES string of the molecule is CCc1nnc(NS(=O)(=O)c2ccc(NC(=O)CCC(=O)[O-])cc2)s1. The number of nitrogens with one attached hydrogen (secondary N) is 2. The van der Waals surface area contributed by atoms with Gasteiger partial charge < -0.3 is 15.2 Å². The van der Waals surface area contributed by atoms with Crippen molar-refractivity contribution in [3.63, 3.8) is 0 Å². The second kappa shape index (κ2) is 8.03. The van der Waals surface area contributed by atoms with Crippen LogP contribution in [0, 0.1) is 0 Å². The molecule has 1 aromatic carbocycles. The van der Waals surface area contributed by atoms with Gasteiger partial charge in [0.15, 0.2) is 0 Å². The molecular weight excluding hydrogens is 368 g/mol. The molecule has 2 rings (SSSR count). The Bertz CT molecular complexity index is 862. The van der Waals surface area contributed by atoms with Crippen LogP contribution in [0.4, 0.5) is 10.8 Å². The minimum absolute atomic E-state index is 0.00603. The van der Waals surface area contributed by atoms with Gasteiger partial charge in [0.05, 0.1) is 4.90 Å². The van der Waals surface area contributed by atoms with E-state index < -0.39 is 21.9 Å². The number of hydrogen-bond acceptors (Lipinski definition) is 8. The van der Waals surface area contributed by atoms with Crippen LogP contribution in [0.3, 0.4) is 0 Å². The van der Waals surface area contributed by atoms with Crippen molar-refractivity contribution < 1.29 is 23.1 Å². The molecule has 25 heavy (non-hydrogen) atoms. The lowest BCUT2D eigenvalue weighted by Gasteiger charge is -2.08.